The van der Waals surface area contributed by atoms with Crippen LogP contribution in [0.25, 0.3) is 0 Å². The number of nitrogens with zero attached hydrogens (tertiary/aromatic N) is 5. The van der Waals surface area contributed by atoms with Crippen LogP contribution in [0.4, 0.5) is 0 Å². The Balaban J connectivity index is 2.28. The second-order valence-corrected chi connectivity index (χ2v) is 3.84. The van der Waals surface area contributed by atoms with Crippen molar-refractivity contribution in [3.8, 4) is 6.07 Å². The second-order valence-electron chi connectivity index (χ2n) is 2.77. The Labute approximate surface area is 90.8 Å². The first-order valence-corrected chi connectivity index (χ1v) is 4.99. The second kappa shape index (κ2) is 4.11. The van der Waals surface area contributed by atoms with Crippen LogP contribution in [0.2, 0.25) is 0 Å². The molecule has 0 aliphatic rings. The Morgan fingerprint density at radius 2 is 2.20 bits per heavy atom. The zero-order valence-electron chi connectivity index (χ0n) is 7.95. The van der Waals surface area contributed by atoms with Gasteiger partial charge in [0.15, 0.2) is 5.69 Å². The van der Waals surface area contributed by atoms with Gasteiger partial charge in [-0.15, -0.1) is 0 Å². The largest absolute Gasteiger partial charge is 0.275 e. The SMILES string of the molecule is Cn1cc(Sc2nccnc2C#N)cn1. The van der Waals surface area contributed by atoms with Gasteiger partial charge >= 0.3 is 0 Å². The summed E-state index contributed by atoms with van der Waals surface area (Å²) >= 11 is 1.38. The van der Waals surface area contributed by atoms with Gasteiger partial charge in [-0.05, 0) is 0 Å². The van der Waals surface area contributed by atoms with Crippen molar-refractivity contribution in [2.24, 2.45) is 7.05 Å². The number of rotatable bonds is 2. The molecule has 0 radical (unpaired) electrons. The molecular weight excluding hydrogens is 210 g/mol. The quantitative estimate of drug-likeness (QED) is 0.756. The van der Waals surface area contributed by atoms with Crippen LogP contribution in [0.5, 0.6) is 0 Å². The van der Waals surface area contributed by atoms with E-state index in [2.05, 4.69) is 15.1 Å². The Hall–Kier alpha value is -1.87. The monoisotopic (exact) mass is 217 g/mol. The summed E-state index contributed by atoms with van der Waals surface area (Å²) in [6.45, 7) is 0. The Morgan fingerprint density at radius 1 is 1.40 bits per heavy atom. The van der Waals surface area contributed by atoms with Crippen LogP contribution in [-0.4, -0.2) is 19.7 Å². The third kappa shape index (κ3) is 2.14. The molecule has 6 heteroatoms. The van der Waals surface area contributed by atoms with E-state index < -0.39 is 0 Å². The Morgan fingerprint density at radius 3 is 2.87 bits per heavy atom. The van der Waals surface area contributed by atoms with E-state index >= 15 is 0 Å². The number of aryl methyl sites for hydroxylation is 1. The van der Waals surface area contributed by atoms with E-state index in [4.69, 9.17) is 5.26 Å². The van der Waals surface area contributed by atoms with Crippen molar-refractivity contribution in [1.82, 2.24) is 19.7 Å². The van der Waals surface area contributed by atoms with Crippen LogP contribution < -0.4 is 0 Å². The van der Waals surface area contributed by atoms with Gasteiger partial charge in [0.25, 0.3) is 0 Å². The molecule has 0 saturated carbocycles. The number of hydrogen-bond acceptors (Lipinski definition) is 5. The fourth-order valence-corrected chi connectivity index (χ4v) is 1.88. The summed E-state index contributed by atoms with van der Waals surface area (Å²) in [5, 5.41) is 13.5. The van der Waals surface area contributed by atoms with Gasteiger partial charge in [-0.25, -0.2) is 9.97 Å². The minimum absolute atomic E-state index is 0.339. The van der Waals surface area contributed by atoms with E-state index in [1.807, 2.05) is 19.3 Å². The van der Waals surface area contributed by atoms with Crippen LogP contribution in [0, 0.1) is 11.3 Å². The van der Waals surface area contributed by atoms with Gasteiger partial charge in [0.2, 0.25) is 0 Å². The fourth-order valence-electron chi connectivity index (χ4n) is 1.04. The molecule has 0 aliphatic heterocycles. The van der Waals surface area contributed by atoms with E-state index in [0.29, 0.717) is 10.7 Å². The van der Waals surface area contributed by atoms with Crippen LogP contribution in [0.1, 0.15) is 5.69 Å². The maximum atomic E-state index is 8.81. The van der Waals surface area contributed by atoms with Gasteiger partial charge in [0.1, 0.15) is 11.1 Å². The van der Waals surface area contributed by atoms with Crippen LogP contribution in [0.3, 0.4) is 0 Å². The summed E-state index contributed by atoms with van der Waals surface area (Å²) in [6.07, 6.45) is 6.66. The lowest BCUT2D eigenvalue weighted by atomic mass is 10.5. The first kappa shape index (κ1) is 9.68. The molecule has 0 N–H and O–H groups in total. The van der Waals surface area contributed by atoms with Crippen LogP contribution >= 0.6 is 11.8 Å². The summed E-state index contributed by atoms with van der Waals surface area (Å²) in [4.78, 5) is 8.96. The molecular formula is C9H7N5S. The highest BCUT2D eigenvalue weighted by Gasteiger charge is 2.07. The molecule has 0 fully saturated rings. The smallest absolute Gasteiger partial charge is 0.173 e. The first-order chi connectivity index (χ1) is 7.29. The summed E-state index contributed by atoms with van der Waals surface area (Å²) < 4.78 is 1.70. The van der Waals surface area contributed by atoms with E-state index in [0.717, 1.165) is 4.90 Å². The third-order valence-electron chi connectivity index (χ3n) is 1.67. The van der Waals surface area contributed by atoms with E-state index in [1.54, 1.807) is 17.1 Å². The normalized spacial score (nSPS) is 9.87. The Bertz CT molecular complexity index is 513. The molecule has 15 heavy (non-hydrogen) atoms. The molecule has 0 spiro atoms. The minimum atomic E-state index is 0.339. The molecule has 2 aromatic rings. The topological polar surface area (TPSA) is 67.4 Å². The summed E-state index contributed by atoms with van der Waals surface area (Å²) in [7, 11) is 1.84. The lowest BCUT2D eigenvalue weighted by Gasteiger charge is -1.97. The zero-order valence-corrected chi connectivity index (χ0v) is 8.77. The maximum absolute atomic E-state index is 8.81. The minimum Gasteiger partial charge on any atom is -0.275 e. The molecule has 74 valence electrons. The Kier molecular flexibility index (Phi) is 2.65. The fraction of sp³-hybridized carbons (Fsp3) is 0.111. The average molecular weight is 217 g/mol. The average Bonchev–Trinajstić information content (AvgIpc) is 2.65. The molecule has 5 nitrogen and oxygen atoms in total. The van der Waals surface area contributed by atoms with Gasteiger partial charge < -0.3 is 0 Å². The predicted molar refractivity (Wildman–Crippen MR) is 54.1 cm³/mol. The number of hydrogen-bond donors (Lipinski definition) is 0. The molecule has 0 atom stereocenters. The van der Waals surface area contributed by atoms with Gasteiger partial charge in [0.05, 0.1) is 11.1 Å². The molecule has 0 saturated heterocycles. The van der Waals surface area contributed by atoms with Crippen molar-refractivity contribution < 1.29 is 0 Å². The van der Waals surface area contributed by atoms with E-state index in [9.17, 15) is 0 Å². The molecule has 0 aliphatic carbocycles. The lowest BCUT2D eigenvalue weighted by molar-refractivity contribution is 0.766. The number of aromatic nitrogens is 4. The molecule has 0 aromatic carbocycles. The molecule has 2 heterocycles. The predicted octanol–water partition coefficient (Wildman–Crippen LogP) is 1.23. The summed E-state index contributed by atoms with van der Waals surface area (Å²) in [5.41, 5.74) is 0.339. The first-order valence-electron chi connectivity index (χ1n) is 4.17. The summed E-state index contributed by atoms with van der Waals surface area (Å²) in [5.74, 6) is 0. The van der Waals surface area contributed by atoms with Crippen molar-refractivity contribution in [3.63, 3.8) is 0 Å². The van der Waals surface area contributed by atoms with Crippen molar-refractivity contribution in [1.29, 1.82) is 5.26 Å². The van der Waals surface area contributed by atoms with Gasteiger partial charge in [-0.1, -0.05) is 11.8 Å². The van der Waals surface area contributed by atoms with Crippen LogP contribution in [-0.2, 0) is 7.05 Å². The third-order valence-corrected chi connectivity index (χ3v) is 2.60. The molecule has 0 bridgehead atoms. The van der Waals surface area contributed by atoms with Crippen molar-refractivity contribution in [3.05, 3.63) is 30.5 Å². The van der Waals surface area contributed by atoms with E-state index in [1.165, 1.54) is 18.0 Å². The van der Waals surface area contributed by atoms with Crippen molar-refractivity contribution in [2.75, 3.05) is 0 Å². The lowest BCUT2D eigenvalue weighted by Crippen LogP contribution is -1.89. The molecule has 2 rings (SSSR count). The zero-order chi connectivity index (χ0) is 10.7. The highest BCUT2D eigenvalue weighted by Crippen LogP contribution is 2.26. The summed E-state index contributed by atoms with van der Waals surface area (Å²) in [6, 6.07) is 2.00. The van der Waals surface area contributed by atoms with Crippen molar-refractivity contribution >= 4 is 11.8 Å². The van der Waals surface area contributed by atoms with Gasteiger partial charge in [0, 0.05) is 25.6 Å². The van der Waals surface area contributed by atoms with E-state index in [-0.39, 0.29) is 0 Å². The van der Waals surface area contributed by atoms with Gasteiger partial charge in [-0.3, -0.25) is 4.68 Å². The highest BCUT2D eigenvalue weighted by molar-refractivity contribution is 7.99. The molecule has 0 amide bonds. The van der Waals surface area contributed by atoms with Crippen molar-refractivity contribution in [2.45, 2.75) is 9.92 Å². The number of nitriles is 1. The highest BCUT2D eigenvalue weighted by atomic mass is 32.2. The molecule has 0 unspecified atom stereocenters. The standard InChI is InChI=1S/C9H7N5S/c1-14-6-7(5-13-14)15-9-8(4-10)11-2-3-12-9/h2-3,5-6H,1H3. The maximum Gasteiger partial charge on any atom is 0.173 e. The molecule has 2 aromatic heterocycles. The van der Waals surface area contributed by atoms with Gasteiger partial charge in [-0.2, -0.15) is 10.4 Å². The van der Waals surface area contributed by atoms with Crippen LogP contribution in [0.15, 0.2) is 34.7 Å².